The number of hydrogen-bond donors (Lipinski definition) is 5. The Morgan fingerprint density at radius 2 is 1.82 bits per heavy atom. The van der Waals surface area contributed by atoms with Crippen molar-refractivity contribution >= 4 is 45.9 Å². The van der Waals surface area contributed by atoms with Gasteiger partial charge >= 0.3 is 0 Å². The standard InChI is InChI=1S/C27H31IN6O4/c1-4-37-23-13-18(7-10-22(23)38-16(2)3)24(32-20-8-5-17(6-9-20)25(29)30)27(36)34-33-26(35)21-15-31-12-11-19(21)14-28/h5-13,15-16,24,32H,4,14H2,1-3H3,(H3,29,30)(H,33,35)(H,34,36). The Kier molecular flexibility index (Phi) is 10.3. The zero-order valence-electron chi connectivity index (χ0n) is 21.4. The molecule has 2 aromatic carbocycles. The van der Waals surface area contributed by atoms with Gasteiger partial charge in [0.1, 0.15) is 11.9 Å². The topological polar surface area (TPSA) is 151 Å². The van der Waals surface area contributed by atoms with Gasteiger partial charge in [0.25, 0.3) is 11.8 Å². The molecule has 1 atom stereocenters. The molecule has 10 nitrogen and oxygen atoms in total. The Hall–Kier alpha value is -3.87. The van der Waals surface area contributed by atoms with E-state index in [4.69, 9.17) is 20.6 Å². The molecular weight excluding hydrogens is 599 g/mol. The number of halogens is 1. The van der Waals surface area contributed by atoms with E-state index in [0.717, 1.165) is 5.56 Å². The normalized spacial score (nSPS) is 11.4. The summed E-state index contributed by atoms with van der Waals surface area (Å²) in [6, 6.07) is 12.9. The number of carbonyl (C=O) groups is 2. The summed E-state index contributed by atoms with van der Waals surface area (Å²) in [5.41, 5.74) is 13.5. The second-order valence-corrected chi connectivity index (χ2v) is 9.25. The van der Waals surface area contributed by atoms with Crippen LogP contribution in [-0.2, 0) is 9.22 Å². The van der Waals surface area contributed by atoms with Gasteiger partial charge in [-0.05, 0) is 74.4 Å². The number of rotatable bonds is 11. The number of pyridine rings is 1. The van der Waals surface area contributed by atoms with Gasteiger partial charge in [0, 0.05) is 28.1 Å². The second-order valence-electron chi connectivity index (χ2n) is 8.48. The first kappa shape index (κ1) is 28.7. The third kappa shape index (κ3) is 7.57. The van der Waals surface area contributed by atoms with E-state index in [1.807, 2.05) is 20.8 Å². The summed E-state index contributed by atoms with van der Waals surface area (Å²) < 4.78 is 12.3. The summed E-state index contributed by atoms with van der Waals surface area (Å²) in [4.78, 5) is 30.2. The van der Waals surface area contributed by atoms with E-state index >= 15 is 0 Å². The zero-order valence-corrected chi connectivity index (χ0v) is 23.5. The number of anilines is 1. The SMILES string of the molecule is CCOc1cc(C(Nc2ccc(C(=N)N)cc2)C(=O)NNC(=O)c2cnccc2CI)ccc1OC(C)C. The van der Waals surface area contributed by atoms with Gasteiger partial charge in [0.15, 0.2) is 11.5 Å². The van der Waals surface area contributed by atoms with Crippen LogP contribution in [0.2, 0.25) is 0 Å². The molecule has 2 amide bonds. The van der Waals surface area contributed by atoms with Gasteiger partial charge in [-0.2, -0.15) is 0 Å². The molecule has 0 bridgehead atoms. The fraction of sp³-hybridized carbons (Fsp3) is 0.259. The third-order valence-electron chi connectivity index (χ3n) is 5.33. The van der Waals surface area contributed by atoms with Crippen LogP contribution in [0.5, 0.6) is 11.5 Å². The van der Waals surface area contributed by atoms with Crippen LogP contribution in [0.3, 0.4) is 0 Å². The van der Waals surface area contributed by atoms with Gasteiger partial charge in [-0.15, -0.1) is 0 Å². The average Bonchev–Trinajstić information content (AvgIpc) is 2.91. The van der Waals surface area contributed by atoms with Gasteiger partial charge in [-0.1, -0.05) is 28.7 Å². The number of alkyl halides is 1. The molecule has 6 N–H and O–H groups in total. The number of ether oxygens (including phenoxy) is 2. The molecule has 0 saturated carbocycles. The van der Waals surface area contributed by atoms with Crippen molar-refractivity contribution in [1.82, 2.24) is 15.8 Å². The van der Waals surface area contributed by atoms with Crippen molar-refractivity contribution in [3.63, 3.8) is 0 Å². The Bertz CT molecular complexity index is 1280. The van der Waals surface area contributed by atoms with Crippen LogP contribution in [0.15, 0.2) is 60.9 Å². The lowest BCUT2D eigenvalue weighted by Gasteiger charge is -2.22. The molecule has 0 fully saturated rings. The molecule has 200 valence electrons. The van der Waals surface area contributed by atoms with Crippen molar-refractivity contribution in [2.75, 3.05) is 11.9 Å². The average molecular weight is 630 g/mol. The van der Waals surface area contributed by atoms with E-state index in [9.17, 15) is 9.59 Å². The molecule has 38 heavy (non-hydrogen) atoms. The summed E-state index contributed by atoms with van der Waals surface area (Å²) in [5, 5.41) is 10.8. The van der Waals surface area contributed by atoms with Gasteiger partial charge < -0.3 is 20.5 Å². The minimum atomic E-state index is -0.913. The predicted octanol–water partition coefficient (Wildman–Crippen LogP) is 4.10. The molecule has 0 aliphatic carbocycles. The van der Waals surface area contributed by atoms with E-state index in [2.05, 4.69) is 43.7 Å². The summed E-state index contributed by atoms with van der Waals surface area (Å²) >= 11 is 2.16. The number of aromatic nitrogens is 1. The second kappa shape index (κ2) is 13.6. The van der Waals surface area contributed by atoms with Crippen molar-refractivity contribution in [2.24, 2.45) is 5.73 Å². The first-order valence-corrected chi connectivity index (χ1v) is 13.5. The lowest BCUT2D eigenvalue weighted by atomic mass is 10.0. The monoisotopic (exact) mass is 630 g/mol. The molecule has 0 aliphatic rings. The number of carbonyl (C=O) groups excluding carboxylic acids is 2. The number of nitrogens with one attached hydrogen (secondary N) is 4. The number of hydrogen-bond acceptors (Lipinski definition) is 7. The maximum absolute atomic E-state index is 13.4. The molecular formula is C27H31IN6O4. The molecule has 0 radical (unpaired) electrons. The van der Waals surface area contributed by atoms with Crippen molar-refractivity contribution < 1.29 is 19.1 Å². The predicted molar refractivity (Wildman–Crippen MR) is 155 cm³/mol. The van der Waals surface area contributed by atoms with Crippen molar-refractivity contribution in [3.05, 3.63) is 83.2 Å². The molecule has 0 saturated heterocycles. The van der Waals surface area contributed by atoms with E-state index < -0.39 is 17.9 Å². The molecule has 11 heteroatoms. The van der Waals surface area contributed by atoms with Gasteiger partial charge in [0.2, 0.25) is 0 Å². The molecule has 1 heterocycles. The first-order valence-electron chi connectivity index (χ1n) is 12.0. The molecule has 1 unspecified atom stereocenters. The minimum Gasteiger partial charge on any atom is -0.490 e. The number of nitrogens with zero attached hydrogens (tertiary/aromatic N) is 1. The van der Waals surface area contributed by atoms with E-state index in [1.165, 1.54) is 6.20 Å². The Morgan fingerprint density at radius 3 is 2.45 bits per heavy atom. The summed E-state index contributed by atoms with van der Waals surface area (Å²) in [5.74, 6) is 0.0206. The molecule has 1 aromatic heterocycles. The number of benzene rings is 2. The first-order chi connectivity index (χ1) is 18.2. The maximum Gasteiger partial charge on any atom is 0.271 e. The van der Waals surface area contributed by atoms with Gasteiger partial charge in [-0.3, -0.25) is 30.8 Å². The third-order valence-corrected chi connectivity index (χ3v) is 6.15. The number of amidine groups is 1. The van der Waals surface area contributed by atoms with Crippen LogP contribution < -0.4 is 31.4 Å². The van der Waals surface area contributed by atoms with Crippen LogP contribution in [0.1, 0.15) is 53.9 Å². The Labute approximate surface area is 235 Å². The van der Waals surface area contributed by atoms with E-state index in [1.54, 1.807) is 54.7 Å². The molecule has 3 aromatic rings. The Balaban J connectivity index is 1.90. The quantitative estimate of drug-likeness (QED) is 0.0704. The summed E-state index contributed by atoms with van der Waals surface area (Å²) in [6.45, 7) is 6.11. The van der Waals surface area contributed by atoms with Crippen LogP contribution in [0.4, 0.5) is 5.69 Å². The van der Waals surface area contributed by atoms with Crippen molar-refractivity contribution in [1.29, 1.82) is 5.41 Å². The van der Waals surface area contributed by atoms with E-state index in [-0.39, 0.29) is 11.9 Å². The fourth-order valence-corrected chi connectivity index (χ4v) is 4.20. The highest BCUT2D eigenvalue weighted by Gasteiger charge is 2.24. The van der Waals surface area contributed by atoms with Gasteiger partial charge in [0.05, 0.1) is 18.3 Å². The van der Waals surface area contributed by atoms with Crippen molar-refractivity contribution in [2.45, 2.75) is 37.3 Å². The highest BCUT2D eigenvalue weighted by Crippen LogP contribution is 2.33. The van der Waals surface area contributed by atoms with Crippen LogP contribution in [0, 0.1) is 5.41 Å². The lowest BCUT2D eigenvalue weighted by Crippen LogP contribution is -2.45. The number of nitrogen functional groups attached to an aromatic ring is 1. The number of hydrazine groups is 1. The van der Waals surface area contributed by atoms with E-state index in [0.29, 0.717) is 44.9 Å². The smallest absolute Gasteiger partial charge is 0.271 e. The largest absolute Gasteiger partial charge is 0.490 e. The molecule has 0 aliphatic heterocycles. The number of nitrogens with two attached hydrogens (primary N) is 1. The minimum absolute atomic E-state index is 0.0584. The summed E-state index contributed by atoms with van der Waals surface area (Å²) in [6.07, 6.45) is 3.01. The van der Waals surface area contributed by atoms with Crippen LogP contribution >= 0.6 is 22.6 Å². The van der Waals surface area contributed by atoms with Crippen LogP contribution in [0.25, 0.3) is 0 Å². The van der Waals surface area contributed by atoms with Gasteiger partial charge in [-0.25, -0.2) is 0 Å². The highest BCUT2D eigenvalue weighted by atomic mass is 127. The molecule has 3 rings (SSSR count). The lowest BCUT2D eigenvalue weighted by molar-refractivity contribution is -0.122. The fourth-order valence-electron chi connectivity index (χ4n) is 3.54. The van der Waals surface area contributed by atoms with Crippen molar-refractivity contribution in [3.8, 4) is 11.5 Å². The zero-order chi connectivity index (χ0) is 27.7. The Morgan fingerprint density at radius 1 is 1.08 bits per heavy atom. The maximum atomic E-state index is 13.4. The van der Waals surface area contributed by atoms with Crippen LogP contribution in [-0.4, -0.2) is 35.3 Å². The molecule has 0 spiro atoms. The number of amides is 2. The highest BCUT2D eigenvalue weighted by molar-refractivity contribution is 14.1. The summed E-state index contributed by atoms with van der Waals surface area (Å²) in [7, 11) is 0.